The van der Waals surface area contributed by atoms with Crippen molar-refractivity contribution in [3.63, 3.8) is 0 Å². The zero-order valence-electron chi connectivity index (χ0n) is 9.41. The molecule has 1 aromatic carbocycles. The monoisotopic (exact) mass is 253 g/mol. The zero-order chi connectivity index (χ0) is 12.4. The molecule has 0 bridgehead atoms. The van der Waals surface area contributed by atoms with Crippen LogP contribution in [0.25, 0.3) is 0 Å². The molecule has 2 aromatic rings. The molecule has 0 saturated heterocycles. The van der Waals surface area contributed by atoms with Crippen molar-refractivity contribution in [2.24, 2.45) is 5.73 Å². The molecular formula is C13H13ClFNO. The molecule has 0 saturated carbocycles. The molecule has 0 amide bonds. The molecule has 1 heterocycles. The Bertz CT molecular complexity index is 524. The second-order valence-electron chi connectivity index (χ2n) is 4.03. The van der Waals surface area contributed by atoms with E-state index in [2.05, 4.69) is 0 Å². The van der Waals surface area contributed by atoms with Gasteiger partial charge in [0.2, 0.25) is 0 Å². The fourth-order valence-electron chi connectivity index (χ4n) is 1.81. The minimum Gasteiger partial charge on any atom is -0.453 e. The number of hydrogen-bond donors (Lipinski definition) is 1. The van der Waals surface area contributed by atoms with E-state index in [1.807, 2.05) is 6.92 Å². The molecule has 4 heteroatoms. The Balaban J connectivity index is 2.19. The van der Waals surface area contributed by atoms with Crippen molar-refractivity contribution in [2.75, 3.05) is 0 Å². The molecule has 0 fully saturated rings. The summed E-state index contributed by atoms with van der Waals surface area (Å²) in [5, 5.41) is 0.317. The quantitative estimate of drug-likeness (QED) is 0.907. The average molecular weight is 254 g/mol. The number of furan rings is 1. The van der Waals surface area contributed by atoms with Crippen molar-refractivity contribution < 1.29 is 8.81 Å². The highest BCUT2D eigenvalue weighted by atomic mass is 35.5. The van der Waals surface area contributed by atoms with Crippen molar-refractivity contribution >= 4 is 11.6 Å². The number of halogens is 2. The van der Waals surface area contributed by atoms with Crippen LogP contribution < -0.4 is 5.73 Å². The van der Waals surface area contributed by atoms with Gasteiger partial charge in [-0.2, -0.15) is 0 Å². The third-order valence-electron chi connectivity index (χ3n) is 2.79. The third-order valence-corrected chi connectivity index (χ3v) is 3.10. The van der Waals surface area contributed by atoms with Crippen LogP contribution in [0, 0.1) is 12.7 Å². The summed E-state index contributed by atoms with van der Waals surface area (Å²) in [4.78, 5) is 0. The van der Waals surface area contributed by atoms with Crippen LogP contribution in [0.2, 0.25) is 5.22 Å². The summed E-state index contributed by atoms with van der Waals surface area (Å²) < 4.78 is 18.0. The topological polar surface area (TPSA) is 39.2 Å². The van der Waals surface area contributed by atoms with E-state index in [0.29, 0.717) is 11.6 Å². The summed E-state index contributed by atoms with van der Waals surface area (Å²) in [5.41, 5.74) is 8.71. The molecule has 90 valence electrons. The summed E-state index contributed by atoms with van der Waals surface area (Å²) in [7, 11) is 0. The SMILES string of the molecule is Cc1cc(F)ccc1CC(N)c1ccoc1Cl. The largest absolute Gasteiger partial charge is 0.453 e. The van der Waals surface area contributed by atoms with Gasteiger partial charge in [0.15, 0.2) is 5.22 Å². The molecule has 1 aromatic heterocycles. The van der Waals surface area contributed by atoms with E-state index in [9.17, 15) is 4.39 Å². The molecule has 2 N–H and O–H groups in total. The van der Waals surface area contributed by atoms with Gasteiger partial charge in [0.05, 0.1) is 6.26 Å². The molecule has 0 aliphatic carbocycles. The molecule has 17 heavy (non-hydrogen) atoms. The third kappa shape index (κ3) is 2.68. The van der Waals surface area contributed by atoms with Crippen LogP contribution >= 0.6 is 11.6 Å². The van der Waals surface area contributed by atoms with Crippen molar-refractivity contribution in [3.8, 4) is 0 Å². The Morgan fingerprint density at radius 3 is 2.76 bits per heavy atom. The maximum Gasteiger partial charge on any atom is 0.197 e. The van der Waals surface area contributed by atoms with Crippen LogP contribution in [0.5, 0.6) is 0 Å². The van der Waals surface area contributed by atoms with E-state index in [-0.39, 0.29) is 11.9 Å². The van der Waals surface area contributed by atoms with Crippen LogP contribution in [-0.4, -0.2) is 0 Å². The normalized spacial score (nSPS) is 12.7. The second-order valence-corrected chi connectivity index (χ2v) is 4.37. The van der Waals surface area contributed by atoms with Gasteiger partial charge in [0.25, 0.3) is 0 Å². The highest BCUT2D eigenvalue weighted by molar-refractivity contribution is 6.29. The average Bonchev–Trinajstić information content (AvgIpc) is 2.68. The fourth-order valence-corrected chi connectivity index (χ4v) is 2.06. The molecule has 0 radical (unpaired) electrons. The van der Waals surface area contributed by atoms with E-state index >= 15 is 0 Å². The van der Waals surface area contributed by atoms with E-state index in [0.717, 1.165) is 16.7 Å². The first kappa shape index (κ1) is 12.1. The lowest BCUT2D eigenvalue weighted by Gasteiger charge is -2.12. The lowest BCUT2D eigenvalue weighted by Crippen LogP contribution is -2.13. The molecule has 1 unspecified atom stereocenters. The number of aryl methyl sites for hydroxylation is 1. The number of rotatable bonds is 3. The molecule has 0 aliphatic rings. The van der Waals surface area contributed by atoms with Crippen LogP contribution in [0.4, 0.5) is 4.39 Å². The van der Waals surface area contributed by atoms with Gasteiger partial charge >= 0.3 is 0 Å². The lowest BCUT2D eigenvalue weighted by atomic mass is 9.98. The predicted octanol–water partition coefficient (Wildman–Crippen LogP) is 3.62. The number of benzene rings is 1. The van der Waals surface area contributed by atoms with Crippen LogP contribution in [0.15, 0.2) is 34.9 Å². The molecular weight excluding hydrogens is 241 g/mol. The van der Waals surface area contributed by atoms with E-state index in [1.54, 1.807) is 12.1 Å². The Morgan fingerprint density at radius 1 is 1.41 bits per heavy atom. The Kier molecular flexibility index (Phi) is 3.50. The fraction of sp³-hybridized carbons (Fsp3) is 0.231. The van der Waals surface area contributed by atoms with Crippen LogP contribution in [0.3, 0.4) is 0 Å². The highest BCUT2D eigenvalue weighted by Gasteiger charge is 2.14. The Hall–Kier alpha value is -1.32. The molecule has 1 atom stereocenters. The van der Waals surface area contributed by atoms with Crippen molar-refractivity contribution in [1.82, 2.24) is 0 Å². The van der Waals surface area contributed by atoms with E-state index in [1.165, 1.54) is 18.4 Å². The van der Waals surface area contributed by atoms with Crippen LogP contribution in [-0.2, 0) is 6.42 Å². The number of nitrogens with two attached hydrogens (primary N) is 1. The van der Waals surface area contributed by atoms with Gasteiger partial charge in [0.1, 0.15) is 5.82 Å². The first-order valence-electron chi connectivity index (χ1n) is 5.31. The first-order chi connectivity index (χ1) is 8.08. The van der Waals surface area contributed by atoms with E-state index < -0.39 is 0 Å². The summed E-state index contributed by atoms with van der Waals surface area (Å²) in [6.07, 6.45) is 2.11. The Morgan fingerprint density at radius 2 is 2.18 bits per heavy atom. The summed E-state index contributed by atoms with van der Waals surface area (Å²) in [5.74, 6) is -0.235. The highest BCUT2D eigenvalue weighted by Crippen LogP contribution is 2.26. The van der Waals surface area contributed by atoms with Crippen molar-refractivity contribution in [3.05, 3.63) is 58.3 Å². The minimum absolute atomic E-state index is 0.235. The summed E-state index contributed by atoms with van der Waals surface area (Å²) in [6.45, 7) is 1.86. The minimum atomic E-state index is -0.245. The van der Waals surface area contributed by atoms with Crippen LogP contribution in [0.1, 0.15) is 22.7 Å². The second kappa shape index (κ2) is 4.90. The summed E-state index contributed by atoms with van der Waals surface area (Å²) in [6, 6.07) is 6.19. The van der Waals surface area contributed by atoms with Gasteiger partial charge in [-0.15, -0.1) is 0 Å². The Labute approximate surface area is 104 Å². The molecule has 2 nitrogen and oxygen atoms in total. The maximum absolute atomic E-state index is 13.0. The van der Waals surface area contributed by atoms with Gasteiger partial charge < -0.3 is 10.2 Å². The van der Waals surface area contributed by atoms with Gasteiger partial charge in [-0.1, -0.05) is 6.07 Å². The zero-order valence-corrected chi connectivity index (χ0v) is 10.2. The van der Waals surface area contributed by atoms with Crippen molar-refractivity contribution in [2.45, 2.75) is 19.4 Å². The predicted molar refractivity (Wildman–Crippen MR) is 65.5 cm³/mol. The van der Waals surface area contributed by atoms with Crippen molar-refractivity contribution in [1.29, 1.82) is 0 Å². The maximum atomic E-state index is 13.0. The van der Waals surface area contributed by atoms with Gasteiger partial charge in [-0.25, -0.2) is 4.39 Å². The van der Waals surface area contributed by atoms with Gasteiger partial charge in [-0.05, 0) is 54.3 Å². The molecule has 2 rings (SSSR count). The van der Waals surface area contributed by atoms with E-state index in [4.69, 9.17) is 21.8 Å². The number of hydrogen-bond acceptors (Lipinski definition) is 2. The standard InChI is InChI=1S/C13H13ClFNO/c1-8-6-10(15)3-2-9(8)7-12(16)11-4-5-17-13(11)14/h2-6,12H,7,16H2,1H3. The summed E-state index contributed by atoms with van der Waals surface area (Å²) >= 11 is 5.86. The van der Waals surface area contributed by atoms with Gasteiger partial charge in [-0.3, -0.25) is 0 Å². The first-order valence-corrected chi connectivity index (χ1v) is 5.69. The molecule has 0 spiro atoms. The molecule has 0 aliphatic heterocycles. The smallest absolute Gasteiger partial charge is 0.197 e. The lowest BCUT2D eigenvalue weighted by molar-refractivity contribution is 0.560. The van der Waals surface area contributed by atoms with Gasteiger partial charge in [0, 0.05) is 11.6 Å².